The van der Waals surface area contributed by atoms with E-state index in [1.54, 1.807) is 25.1 Å². The van der Waals surface area contributed by atoms with Crippen molar-refractivity contribution in [1.29, 1.82) is 0 Å². The standard InChI is InChI=1S/C23H20N2O3S2/c1-3-14-12-19(29-20(14)15-8-6-5-7-9-15)21(26)25-23-24-17-11-10-16(13-18(17)30-23)22(27)28-4-2/h5-13H,3-4H2,1-2H3,(H,24,25,26). The number of amides is 1. The predicted molar refractivity (Wildman–Crippen MR) is 123 cm³/mol. The van der Waals surface area contributed by atoms with Gasteiger partial charge < -0.3 is 4.74 Å². The number of aromatic nitrogens is 1. The molecule has 4 aromatic rings. The van der Waals surface area contributed by atoms with Crippen LogP contribution in [-0.4, -0.2) is 23.5 Å². The number of carbonyl (C=O) groups excluding carboxylic acids is 2. The number of hydrogen-bond donors (Lipinski definition) is 1. The maximum absolute atomic E-state index is 12.9. The van der Waals surface area contributed by atoms with E-state index in [0.717, 1.165) is 32.6 Å². The van der Waals surface area contributed by atoms with E-state index in [-0.39, 0.29) is 11.9 Å². The van der Waals surface area contributed by atoms with Gasteiger partial charge in [-0.3, -0.25) is 10.1 Å². The number of ether oxygens (including phenoxy) is 1. The first-order valence-corrected chi connectivity index (χ1v) is 11.3. The number of rotatable bonds is 6. The Morgan fingerprint density at radius 3 is 2.57 bits per heavy atom. The molecule has 0 saturated heterocycles. The topological polar surface area (TPSA) is 68.3 Å². The molecule has 0 aliphatic rings. The van der Waals surface area contributed by atoms with E-state index in [9.17, 15) is 9.59 Å². The summed E-state index contributed by atoms with van der Waals surface area (Å²) in [5.41, 5.74) is 3.47. The molecular formula is C23H20N2O3S2. The van der Waals surface area contributed by atoms with Gasteiger partial charge in [-0.2, -0.15) is 0 Å². The summed E-state index contributed by atoms with van der Waals surface area (Å²) in [6, 6.07) is 17.2. The van der Waals surface area contributed by atoms with Crippen LogP contribution in [0.15, 0.2) is 54.6 Å². The lowest BCUT2D eigenvalue weighted by molar-refractivity contribution is 0.0526. The zero-order chi connectivity index (χ0) is 21.1. The van der Waals surface area contributed by atoms with Crippen LogP contribution in [0, 0.1) is 0 Å². The number of benzene rings is 2. The second kappa shape index (κ2) is 8.77. The Hall–Kier alpha value is -3.03. The quantitative estimate of drug-likeness (QED) is 0.376. The van der Waals surface area contributed by atoms with Crippen LogP contribution in [0.5, 0.6) is 0 Å². The molecule has 1 amide bonds. The number of thiophene rings is 1. The Balaban J connectivity index is 1.57. The van der Waals surface area contributed by atoms with Gasteiger partial charge in [0.1, 0.15) is 0 Å². The molecule has 30 heavy (non-hydrogen) atoms. The molecule has 0 bridgehead atoms. The van der Waals surface area contributed by atoms with Gasteiger partial charge in [-0.25, -0.2) is 9.78 Å². The van der Waals surface area contributed by atoms with Crippen LogP contribution in [0.1, 0.15) is 39.4 Å². The highest BCUT2D eigenvalue weighted by Gasteiger charge is 2.17. The average Bonchev–Trinajstić information content (AvgIpc) is 3.37. The minimum Gasteiger partial charge on any atom is -0.462 e. The highest BCUT2D eigenvalue weighted by Crippen LogP contribution is 2.34. The summed E-state index contributed by atoms with van der Waals surface area (Å²) in [5.74, 6) is -0.543. The lowest BCUT2D eigenvalue weighted by atomic mass is 10.1. The van der Waals surface area contributed by atoms with Crippen molar-refractivity contribution in [1.82, 2.24) is 4.98 Å². The van der Waals surface area contributed by atoms with Crippen molar-refractivity contribution in [2.75, 3.05) is 11.9 Å². The van der Waals surface area contributed by atoms with Crippen molar-refractivity contribution >= 4 is 49.9 Å². The third-order valence-corrected chi connectivity index (χ3v) is 6.73. The molecule has 1 N–H and O–H groups in total. The summed E-state index contributed by atoms with van der Waals surface area (Å²) in [7, 11) is 0. The molecular weight excluding hydrogens is 416 g/mol. The summed E-state index contributed by atoms with van der Waals surface area (Å²) >= 11 is 2.82. The fraction of sp³-hybridized carbons (Fsp3) is 0.174. The van der Waals surface area contributed by atoms with Crippen LogP contribution in [0.4, 0.5) is 5.13 Å². The van der Waals surface area contributed by atoms with Crippen molar-refractivity contribution in [3.63, 3.8) is 0 Å². The number of hydrogen-bond acceptors (Lipinski definition) is 6. The summed E-state index contributed by atoms with van der Waals surface area (Å²) in [6.07, 6.45) is 0.853. The van der Waals surface area contributed by atoms with Crippen LogP contribution < -0.4 is 5.32 Å². The summed E-state index contributed by atoms with van der Waals surface area (Å²) in [5, 5.41) is 3.40. The van der Waals surface area contributed by atoms with Gasteiger partial charge in [0, 0.05) is 4.88 Å². The average molecular weight is 437 g/mol. The number of nitrogens with one attached hydrogen (secondary N) is 1. The molecule has 0 fully saturated rings. The Morgan fingerprint density at radius 1 is 1.03 bits per heavy atom. The maximum Gasteiger partial charge on any atom is 0.338 e. The molecule has 0 atom stereocenters. The van der Waals surface area contributed by atoms with Gasteiger partial charge in [0.05, 0.1) is 27.3 Å². The van der Waals surface area contributed by atoms with Gasteiger partial charge in [0.15, 0.2) is 5.13 Å². The molecule has 0 aliphatic heterocycles. The van der Waals surface area contributed by atoms with Crippen molar-refractivity contribution in [2.45, 2.75) is 20.3 Å². The van der Waals surface area contributed by atoms with Gasteiger partial charge in [-0.15, -0.1) is 11.3 Å². The fourth-order valence-electron chi connectivity index (χ4n) is 3.12. The van der Waals surface area contributed by atoms with E-state index in [0.29, 0.717) is 22.2 Å². The molecule has 2 aromatic carbocycles. The Kier molecular flexibility index (Phi) is 5.92. The van der Waals surface area contributed by atoms with Gasteiger partial charge in [-0.05, 0) is 48.7 Å². The highest BCUT2D eigenvalue weighted by atomic mass is 32.1. The van der Waals surface area contributed by atoms with E-state index in [2.05, 4.69) is 29.4 Å². The third kappa shape index (κ3) is 4.13. The summed E-state index contributed by atoms with van der Waals surface area (Å²) in [6.45, 7) is 4.19. The minimum atomic E-state index is -0.363. The zero-order valence-electron chi connectivity index (χ0n) is 16.6. The summed E-state index contributed by atoms with van der Waals surface area (Å²) in [4.78, 5) is 31.0. The number of fused-ring (bicyclic) bond motifs is 1. The van der Waals surface area contributed by atoms with Crippen LogP contribution in [-0.2, 0) is 11.2 Å². The Labute approximate surface area is 182 Å². The largest absolute Gasteiger partial charge is 0.462 e. The molecule has 5 nitrogen and oxygen atoms in total. The van der Waals surface area contributed by atoms with Crippen LogP contribution in [0.3, 0.4) is 0 Å². The van der Waals surface area contributed by atoms with Crippen molar-refractivity contribution in [3.8, 4) is 10.4 Å². The molecule has 2 heterocycles. The number of thiazole rings is 1. The van der Waals surface area contributed by atoms with Gasteiger partial charge >= 0.3 is 5.97 Å². The molecule has 0 unspecified atom stereocenters. The SMILES string of the molecule is CCOC(=O)c1ccc2nc(NC(=O)c3cc(CC)c(-c4ccccc4)s3)sc2c1. The second-order valence-electron chi connectivity index (χ2n) is 6.56. The summed E-state index contributed by atoms with van der Waals surface area (Å²) < 4.78 is 5.86. The van der Waals surface area contributed by atoms with E-state index in [4.69, 9.17) is 4.74 Å². The van der Waals surface area contributed by atoms with Crippen LogP contribution >= 0.6 is 22.7 Å². The zero-order valence-corrected chi connectivity index (χ0v) is 18.2. The van der Waals surface area contributed by atoms with E-state index in [1.807, 2.05) is 24.3 Å². The van der Waals surface area contributed by atoms with Crippen molar-refractivity contribution < 1.29 is 14.3 Å². The molecule has 0 aliphatic carbocycles. The minimum absolute atomic E-state index is 0.179. The molecule has 0 spiro atoms. The van der Waals surface area contributed by atoms with Gasteiger partial charge in [0.25, 0.3) is 5.91 Å². The molecule has 7 heteroatoms. The molecule has 2 aromatic heterocycles. The van der Waals surface area contributed by atoms with Gasteiger partial charge in [0.2, 0.25) is 0 Å². The monoisotopic (exact) mass is 436 g/mol. The first kappa shape index (κ1) is 20.3. The highest BCUT2D eigenvalue weighted by molar-refractivity contribution is 7.22. The molecule has 4 rings (SSSR count). The molecule has 152 valence electrons. The second-order valence-corrected chi connectivity index (χ2v) is 8.64. The van der Waals surface area contributed by atoms with E-state index < -0.39 is 0 Å². The number of esters is 1. The van der Waals surface area contributed by atoms with Crippen LogP contribution in [0.25, 0.3) is 20.7 Å². The van der Waals surface area contributed by atoms with Crippen molar-refractivity contribution in [3.05, 3.63) is 70.6 Å². The molecule has 0 radical (unpaired) electrons. The predicted octanol–water partition coefficient (Wildman–Crippen LogP) is 6.02. The lowest BCUT2D eigenvalue weighted by Crippen LogP contribution is -2.09. The number of carbonyl (C=O) groups is 2. The number of aryl methyl sites for hydroxylation is 1. The smallest absolute Gasteiger partial charge is 0.338 e. The Morgan fingerprint density at radius 2 is 1.83 bits per heavy atom. The van der Waals surface area contributed by atoms with Crippen LogP contribution in [0.2, 0.25) is 0 Å². The van der Waals surface area contributed by atoms with Gasteiger partial charge in [-0.1, -0.05) is 48.6 Å². The maximum atomic E-state index is 12.9. The Bertz CT molecular complexity index is 1210. The first-order chi connectivity index (χ1) is 14.6. The van der Waals surface area contributed by atoms with Crippen molar-refractivity contribution in [2.24, 2.45) is 0 Å². The normalized spacial score (nSPS) is 10.9. The lowest BCUT2D eigenvalue weighted by Gasteiger charge is -2.00. The van der Waals surface area contributed by atoms with E-state index in [1.165, 1.54) is 22.7 Å². The fourth-order valence-corrected chi connectivity index (χ4v) is 5.17. The molecule has 0 saturated carbocycles. The first-order valence-electron chi connectivity index (χ1n) is 9.66. The number of anilines is 1. The van der Waals surface area contributed by atoms with E-state index >= 15 is 0 Å². The third-order valence-electron chi connectivity index (χ3n) is 4.57. The number of nitrogens with zero attached hydrogens (tertiary/aromatic N) is 1.